The Morgan fingerprint density at radius 1 is 1.21 bits per heavy atom. The van der Waals surface area contributed by atoms with Gasteiger partial charge in [-0.2, -0.15) is 4.98 Å². The van der Waals surface area contributed by atoms with Crippen LogP contribution in [0.3, 0.4) is 0 Å². The molecule has 0 aliphatic heterocycles. The fourth-order valence-corrected chi connectivity index (χ4v) is 2.71. The van der Waals surface area contributed by atoms with Crippen LogP contribution in [0.4, 0.5) is 0 Å². The molecule has 0 amide bonds. The van der Waals surface area contributed by atoms with E-state index in [0.717, 1.165) is 22.3 Å². The number of furan rings is 1. The predicted molar refractivity (Wildman–Crippen MR) is 92.1 cm³/mol. The molecule has 1 aromatic carbocycles. The van der Waals surface area contributed by atoms with Gasteiger partial charge < -0.3 is 13.7 Å². The lowest BCUT2D eigenvalue weighted by Gasteiger charge is -2.18. The van der Waals surface area contributed by atoms with Gasteiger partial charge >= 0.3 is 0 Å². The van der Waals surface area contributed by atoms with Crippen LogP contribution in [0.2, 0.25) is 0 Å². The lowest BCUT2D eigenvalue weighted by molar-refractivity contribution is 0.126. The molecule has 0 aliphatic rings. The summed E-state index contributed by atoms with van der Waals surface area (Å²) >= 11 is 3.45. The summed E-state index contributed by atoms with van der Waals surface area (Å²) in [6.07, 6.45) is 1.67. The summed E-state index contributed by atoms with van der Waals surface area (Å²) in [7, 11) is 1.68. The van der Waals surface area contributed by atoms with E-state index in [1.165, 1.54) is 0 Å². The third-order valence-electron chi connectivity index (χ3n) is 3.48. The summed E-state index contributed by atoms with van der Waals surface area (Å²) in [5, 5.41) is 4.07. The largest absolute Gasteiger partial charge is 0.468 e. The van der Waals surface area contributed by atoms with Crippen molar-refractivity contribution >= 4 is 15.9 Å². The Kier molecular flexibility index (Phi) is 5.79. The van der Waals surface area contributed by atoms with E-state index in [0.29, 0.717) is 31.4 Å². The quantitative estimate of drug-likeness (QED) is 0.582. The highest BCUT2D eigenvalue weighted by Gasteiger charge is 2.14. The van der Waals surface area contributed by atoms with Crippen molar-refractivity contribution in [2.24, 2.45) is 0 Å². The summed E-state index contributed by atoms with van der Waals surface area (Å²) in [6.45, 7) is 2.55. The van der Waals surface area contributed by atoms with Gasteiger partial charge in [-0.1, -0.05) is 33.2 Å². The van der Waals surface area contributed by atoms with Gasteiger partial charge in [0.15, 0.2) is 0 Å². The number of aromatic nitrogens is 2. The summed E-state index contributed by atoms with van der Waals surface area (Å²) < 4.78 is 17.0. The maximum absolute atomic E-state index is 5.42. The standard InChI is InChI=1S/C17H18BrN3O3/c1-22-9-7-21(11-15-6-3-8-23-15)12-16-19-17(20-24-16)13-4-2-5-14(18)10-13/h2-6,8,10H,7,9,11-12H2,1H3. The van der Waals surface area contributed by atoms with Gasteiger partial charge in [-0.3, -0.25) is 4.90 Å². The van der Waals surface area contributed by atoms with Crippen LogP contribution in [0.15, 0.2) is 56.1 Å². The van der Waals surface area contributed by atoms with Crippen LogP contribution in [-0.4, -0.2) is 35.3 Å². The summed E-state index contributed by atoms with van der Waals surface area (Å²) in [5.74, 6) is 2.03. The molecule has 0 spiro atoms. The van der Waals surface area contributed by atoms with E-state index in [9.17, 15) is 0 Å². The molecule has 0 bridgehead atoms. The van der Waals surface area contributed by atoms with Gasteiger partial charge in [-0.05, 0) is 24.3 Å². The van der Waals surface area contributed by atoms with Crippen molar-refractivity contribution in [3.8, 4) is 11.4 Å². The number of hydrogen-bond donors (Lipinski definition) is 0. The molecule has 2 aromatic heterocycles. The van der Waals surface area contributed by atoms with Crippen LogP contribution in [0, 0.1) is 0 Å². The monoisotopic (exact) mass is 391 g/mol. The lowest BCUT2D eigenvalue weighted by Crippen LogP contribution is -2.26. The number of benzene rings is 1. The molecular formula is C17H18BrN3O3. The van der Waals surface area contributed by atoms with Crippen molar-refractivity contribution in [1.29, 1.82) is 0 Å². The minimum Gasteiger partial charge on any atom is -0.468 e. The van der Waals surface area contributed by atoms with Crippen molar-refractivity contribution in [1.82, 2.24) is 15.0 Å². The number of hydrogen-bond acceptors (Lipinski definition) is 6. The number of rotatable bonds is 8. The Hall–Kier alpha value is -1.96. The van der Waals surface area contributed by atoms with Gasteiger partial charge in [-0.25, -0.2) is 0 Å². The fourth-order valence-electron chi connectivity index (χ4n) is 2.31. The maximum atomic E-state index is 5.42. The first-order valence-corrected chi connectivity index (χ1v) is 8.36. The number of methoxy groups -OCH3 is 1. The molecule has 0 atom stereocenters. The molecule has 3 rings (SSSR count). The van der Waals surface area contributed by atoms with Gasteiger partial charge in [0.2, 0.25) is 11.7 Å². The van der Waals surface area contributed by atoms with Crippen molar-refractivity contribution in [3.63, 3.8) is 0 Å². The van der Waals surface area contributed by atoms with E-state index in [2.05, 4.69) is 31.0 Å². The van der Waals surface area contributed by atoms with Gasteiger partial charge in [0, 0.05) is 23.7 Å². The second-order valence-corrected chi connectivity index (χ2v) is 6.22. The maximum Gasteiger partial charge on any atom is 0.241 e. The molecule has 0 saturated carbocycles. The van der Waals surface area contributed by atoms with E-state index in [1.54, 1.807) is 13.4 Å². The smallest absolute Gasteiger partial charge is 0.241 e. The van der Waals surface area contributed by atoms with E-state index in [-0.39, 0.29) is 0 Å². The molecule has 0 fully saturated rings. The summed E-state index contributed by atoms with van der Waals surface area (Å²) in [5.41, 5.74) is 0.911. The van der Waals surface area contributed by atoms with Crippen molar-refractivity contribution in [2.45, 2.75) is 13.1 Å². The Morgan fingerprint density at radius 2 is 2.12 bits per heavy atom. The van der Waals surface area contributed by atoms with Crippen LogP contribution >= 0.6 is 15.9 Å². The Morgan fingerprint density at radius 3 is 2.88 bits per heavy atom. The minimum absolute atomic E-state index is 0.533. The zero-order chi connectivity index (χ0) is 16.8. The highest BCUT2D eigenvalue weighted by atomic mass is 79.9. The Labute approximate surface area is 148 Å². The number of halogens is 1. The summed E-state index contributed by atoms with van der Waals surface area (Å²) in [6, 6.07) is 11.6. The molecule has 7 heteroatoms. The Balaban J connectivity index is 1.70. The van der Waals surface area contributed by atoms with Crippen molar-refractivity contribution < 1.29 is 13.7 Å². The van der Waals surface area contributed by atoms with Gasteiger partial charge in [0.25, 0.3) is 0 Å². The normalized spacial score (nSPS) is 11.3. The zero-order valence-electron chi connectivity index (χ0n) is 13.3. The average molecular weight is 392 g/mol. The van der Waals surface area contributed by atoms with Gasteiger partial charge in [0.05, 0.1) is 26.0 Å². The Bertz CT molecular complexity index is 758. The van der Waals surface area contributed by atoms with Crippen LogP contribution in [0.25, 0.3) is 11.4 Å². The molecule has 126 valence electrons. The first-order chi connectivity index (χ1) is 11.7. The van der Waals surface area contributed by atoms with E-state index >= 15 is 0 Å². The van der Waals surface area contributed by atoms with Crippen LogP contribution < -0.4 is 0 Å². The predicted octanol–water partition coefficient (Wildman–Crippen LogP) is 3.74. The van der Waals surface area contributed by atoms with Crippen molar-refractivity contribution in [3.05, 3.63) is 58.8 Å². The fraction of sp³-hybridized carbons (Fsp3) is 0.294. The highest BCUT2D eigenvalue weighted by molar-refractivity contribution is 9.10. The molecule has 0 N–H and O–H groups in total. The zero-order valence-corrected chi connectivity index (χ0v) is 14.9. The average Bonchev–Trinajstić information content (AvgIpc) is 3.24. The molecular weight excluding hydrogens is 374 g/mol. The minimum atomic E-state index is 0.533. The number of nitrogens with zero attached hydrogens (tertiary/aromatic N) is 3. The first-order valence-electron chi connectivity index (χ1n) is 7.57. The highest BCUT2D eigenvalue weighted by Crippen LogP contribution is 2.21. The van der Waals surface area contributed by atoms with E-state index in [1.807, 2.05) is 36.4 Å². The third kappa shape index (κ3) is 4.53. The molecule has 0 aliphatic carbocycles. The SMILES string of the molecule is COCCN(Cc1ccco1)Cc1nc(-c2cccc(Br)c2)no1. The van der Waals surface area contributed by atoms with E-state index < -0.39 is 0 Å². The molecule has 0 radical (unpaired) electrons. The molecule has 24 heavy (non-hydrogen) atoms. The van der Waals surface area contributed by atoms with Crippen molar-refractivity contribution in [2.75, 3.05) is 20.3 Å². The van der Waals surface area contributed by atoms with Crippen LogP contribution in [0.1, 0.15) is 11.7 Å². The molecule has 3 aromatic rings. The second kappa shape index (κ2) is 8.23. The van der Waals surface area contributed by atoms with Crippen LogP contribution in [-0.2, 0) is 17.8 Å². The van der Waals surface area contributed by atoms with Gasteiger partial charge in [0.1, 0.15) is 5.76 Å². The second-order valence-electron chi connectivity index (χ2n) is 5.30. The molecule has 6 nitrogen and oxygen atoms in total. The number of ether oxygens (including phenoxy) is 1. The lowest BCUT2D eigenvalue weighted by atomic mass is 10.2. The molecule has 0 saturated heterocycles. The van der Waals surface area contributed by atoms with Gasteiger partial charge in [-0.15, -0.1) is 0 Å². The third-order valence-corrected chi connectivity index (χ3v) is 3.97. The van der Waals surface area contributed by atoms with Crippen LogP contribution in [0.5, 0.6) is 0 Å². The topological polar surface area (TPSA) is 64.5 Å². The van der Waals surface area contributed by atoms with E-state index in [4.69, 9.17) is 13.7 Å². The summed E-state index contributed by atoms with van der Waals surface area (Å²) in [4.78, 5) is 6.63. The molecule has 2 heterocycles. The first kappa shape index (κ1) is 16.9. The molecule has 0 unspecified atom stereocenters.